The van der Waals surface area contributed by atoms with Gasteiger partial charge in [0.15, 0.2) is 0 Å². The van der Waals surface area contributed by atoms with Gasteiger partial charge in [0.05, 0.1) is 9.83 Å². The van der Waals surface area contributed by atoms with E-state index in [1.54, 1.807) is 16.2 Å². The van der Waals surface area contributed by atoms with Crippen molar-refractivity contribution in [1.82, 2.24) is 5.43 Å². The van der Waals surface area contributed by atoms with Crippen molar-refractivity contribution >= 4 is 50.4 Å². The molecule has 0 fully saturated rings. The molecule has 1 atom stereocenters. The molecule has 102 valence electrons. The lowest BCUT2D eigenvalue weighted by Gasteiger charge is -2.12. The fraction of sp³-hybridized carbons (Fsp3) is 0.385. The number of hydrogen-bond acceptors (Lipinski definition) is 5. The van der Waals surface area contributed by atoms with Crippen molar-refractivity contribution in [3.63, 3.8) is 0 Å². The van der Waals surface area contributed by atoms with Crippen molar-refractivity contribution < 1.29 is 0 Å². The molecule has 3 N–H and O–H groups in total. The summed E-state index contributed by atoms with van der Waals surface area (Å²) in [5.41, 5.74) is 4.50. The van der Waals surface area contributed by atoms with Crippen LogP contribution in [0, 0.1) is 0 Å². The first-order chi connectivity index (χ1) is 9.26. The van der Waals surface area contributed by atoms with E-state index in [0.29, 0.717) is 0 Å². The van der Waals surface area contributed by atoms with E-state index in [9.17, 15) is 0 Å². The number of hydrazine groups is 1. The second-order valence-corrected chi connectivity index (χ2v) is 9.35. The number of nitrogens with one attached hydrogen (secondary N) is 1. The Bertz CT molecular complexity index is 540. The van der Waals surface area contributed by atoms with Gasteiger partial charge in [-0.1, -0.05) is 0 Å². The zero-order chi connectivity index (χ0) is 13.2. The van der Waals surface area contributed by atoms with Gasteiger partial charge in [0.2, 0.25) is 0 Å². The predicted molar refractivity (Wildman–Crippen MR) is 90.0 cm³/mol. The van der Waals surface area contributed by atoms with E-state index in [0.717, 1.165) is 12.2 Å². The zero-order valence-electron chi connectivity index (χ0n) is 10.3. The summed E-state index contributed by atoms with van der Waals surface area (Å²) in [7, 11) is 0. The Morgan fingerprint density at radius 1 is 1.37 bits per heavy atom. The Morgan fingerprint density at radius 2 is 2.26 bits per heavy atom. The molecule has 3 heterocycles. The van der Waals surface area contributed by atoms with Crippen LogP contribution in [-0.4, -0.2) is 5.75 Å². The lowest BCUT2D eigenvalue weighted by atomic mass is 10.1. The van der Waals surface area contributed by atoms with Gasteiger partial charge in [-0.3, -0.25) is 11.3 Å². The maximum absolute atomic E-state index is 5.76. The van der Waals surface area contributed by atoms with Crippen LogP contribution < -0.4 is 11.3 Å². The third kappa shape index (κ3) is 3.25. The summed E-state index contributed by atoms with van der Waals surface area (Å²) in [6.45, 7) is 0. The van der Waals surface area contributed by atoms with Crippen molar-refractivity contribution in [2.45, 2.75) is 24.6 Å². The van der Waals surface area contributed by atoms with Gasteiger partial charge in [-0.2, -0.15) is 11.8 Å². The molecule has 3 rings (SSSR count). The fourth-order valence-corrected chi connectivity index (χ4v) is 6.21. The molecule has 0 bridgehead atoms. The molecule has 2 aromatic rings. The third-order valence-electron chi connectivity index (χ3n) is 3.23. The minimum atomic E-state index is 0.228. The molecular weight excluding hydrogens is 360 g/mol. The number of halogens is 1. The smallest absolute Gasteiger partial charge is 0.0701 e. The Balaban J connectivity index is 1.79. The van der Waals surface area contributed by atoms with Crippen LogP contribution in [0.2, 0.25) is 0 Å². The Morgan fingerprint density at radius 3 is 2.95 bits per heavy atom. The molecule has 6 heteroatoms. The van der Waals surface area contributed by atoms with E-state index < -0.39 is 0 Å². The van der Waals surface area contributed by atoms with Crippen molar-refractivity contribution in [1.29, 1.82) is 0 Å². The Kier molecular flexibility index (Phi) is 4.66. The maximum atomic E-state index is 5.76. The third-order valence-corrected chi connectivity index (χ3v) is 7.23. The molecule has 0 spiro atoms. The summed E-state index contributed by atoms with van der Waals surface area (Å²) >= 11 is 9.26. The molecule has 0 radical (unpaired) electrons. The molecule has 1 aliphatic heterocycles. The van der Waals surface area contributed by atoms with Crippen LogP contribution in [0.15, 0.2) is 22.0 Å². The molecule has 1 aliphatic rings. The van der Waals surface area contributed by atoms with Crippen molar-refractivity contribution in [3.8, 4) is 0 Å². The number of nitrogens with two attached hydrogens (primary N) is 1. The summed E-state index contributed by atoms with van der Waals surface area (Å²) < 4.78 is 1.18. The normalized spacial score (nSPS) is 16.3. The van der Waals surface area contributed by atoms with E-state index in [-0.39, 0.29) is 6.04 Å². The van der Waals surface area contributed by atoms with E-state index in [1.165, 1.54) is 31.3 Å². The number of hydrogen-bond donors (Lipinski definition) is 2. The molecule has 0 aliphatic carbocycles. The fourth-order valence-electron chi connectivity index (χ4n) is 2.25. The molecule has 0 saturated carbocycles. The first-order valence-electron chi connectivity index (χ1n) is 6.16. The zero-order valence-corrected chi connectivity index (χ0v) is 14.4. The van der Waals surface area contributed by atoms with Crippen molar-refractivity contribution in [2.24, 2.45) is 5.84 Å². The predicted octanol–water partition coefficient (Wildman–Crippen LogP) is 4.11. The number of thiophene rings is 2. The summed E-state index contributed by atoms with van der Waals surface area (Å²) in [4.78, 5) is 4.29. The van der Waals surface area contributed by atoms with Gasteiger partial charge in [-0.25, -0.2) is 0 Å². The second kappa shape index (κ2) is 6.28. The monoisotopic (exact) mass is 374 g/mol. The van der Waals surface area contributed by atoms with Crippen LogP contribution in [0.25, 0.3) is 0 Å². The molecule has 0 amide bonds. The number of fused-ring (bicyclic) bond motifs is 1. The summed E-state index contributed by atoms with van der Waals surface area (Å²) in [6, 6.07) is 6.84. The van der Waals surface area contributed by atoms with Gasteiger partial charge in [-0.15, -0.1) is 22.7 Å². The summed E-state index contributed by atoms with van der Waals surface area (Å²) in [5.74, 6) is 8.18. The SMILES string of the molecule is NNC(Cc1ccc(Br)s1)c1cc2c(s1)CCSC2. The van der Waals surface area contributed by atoms with Crippen LogP contribution in [0.4, 0.5) is 0 Å². The quantitative estimate of drug-likeness (QED) is 0.624. The highest BCUT2D eigenvalue weighted by atomic mass is 79.9. The highest BCUT2D eigenvalue weighted by molar-refractivity contribution is 9.11. The summed E-state index contributed by atoms with van der Waals surface area (Å²) in [5, 5.41) is 0. The van der Waals surface area contributed by atoms with Gasteiger partial charge < -0.3 is 0 Å². The number of rotatable bonds is 4. The van der Waals surface area contributed by atoms with Gasteiger partial charge in [-0.05, 0) is 51.9 Å². The van der Waals surface area contributed by atoms with Crippen LogP contribution >= 0.6 is 50.4 Å². The van der Waals surface area contributed by atoms with Gasteiger partial charge in [0, 0.05) is 26.8 Å². The van der Waals surface area contributed by atoms with E-state index in [2.05, 4.69) is 39.6 Å². The van der Waals surface area contributed by atoms with Gasteiger partial charge in [0.25, 0.3) is 0 Å². The lowest BCUT2D eigenvalue weighted by Crippen LogP contribution is -2.28. The van der Waals surface area contributed by atoms with Crippen molar-refractivity contribution in [3.05, 3.63) is 42.2 Å². The Hall–Kier alpha value is 0.150. The topological polar surface area (TPSA) is 38.0 Å². The number of thioether (sulfide) groups is 1. The molecule has 2 aromatic heterocycles. The highest BCUT2D eigenvalue weighted by Gasteiger charge is 2.19. The first kappa shape index (κ1) is 14.1. The molecular formula is C13H15BrN2S3. The van der Waals surface area contributed by atoms with Gasteiger partial charge in [0.1, 0.15) is 0 Å². The molecule has 1 unspecified atom stereocenters. The minimum Gasteiger partial charge on any atom is -0.271 e. The van der Waals surface area contributed by atoms with E-state index >= 15 is 0 Å². The van der Waals surface area contributed by atoms with Crippen molar-refractivity contribution in [2.75, 3.05) is 5.75 Å². The lowest BCUT2D eigenvalue weighted by molar-refractivity contribution is 0.564. The standard InChI is InChI=1S/C13H15BrN2S3/c14-13-2-1-9(18-13)6-10(16-15)12-5-8-7-17-4-3-11(8)19-12/h1-2,5,10,16H,3-4,6-7,15H2. The Labute approximate surface area is 133 Å². The summed E-state index contributed by atoms with van der Waals surface area (Å²) in [6.07, 6.45) is 2.17. The van der Waals surface area contributed by atoms with E-state index in [4.69, 9.17) is 5.84 Å². The molecule has 0 aromatic carbocycles. The van der Waals surface area contributed by atoms with Crippen LogP contribution in [-0.2, 0) is 18.6 Å². The number of aryl methyl sites for hydroxylation is 1. The molecule has 19 heavy (non-hydrogen) atoms. The average molecular weight is 375 g/mol. The second-order valence-electron chi connectivity index (χ2n) is 4.53. The molecule has 0 saturated heterocycles. The first-order valence-corrected chi connectivity index (χ1v) is 9.74. The van der Waals surface area contributed by atoms with E-state index in [1.807, 2.05) is 23.1 Å². The van der Waals surface area contributed by atoms with Crippen LogP contribution in [0.3, 0.4) is 0 Å². The minimum absolute atomic E-state index is 0.228. The largest absolute Gasteiger partial charge is 0.271 e. The van der Waals surface area contributed by atoms with Crippen LogP contribution in [0.5, 0.6) is 0 Å². The maximum Gasteiger partial charge on any atom is 0.0701 e. The molecule has 2 nitrogen and oxygen atoms in total. The average Bonchev–Trinajstić information content (AvgIpc) is 3.01. The highest BCUT2D eigenvalue weighted by Crippen LogP contribution is 2.36. The van der Waals surface area contributed by atoms with Gasteiger partial charge >= 0.3 is 0 Å². The van der Waals surface area contributed by atoms with Crippen LogP contribution in [0.1, 0.15) is 26.2 Å².